The number of benzene rings is 1. The van der Waals surface area contributed by atoms with Crippen LogP contribution in [0, 0.1) is 19.7 Å². The van der Waals surface area contributed by atoms with Crippen LogP contribution in [0.5, 0.6) is 0 Å². The quantitative estimate of drug-likeness (QED) is 0.539. The highest BCUT2D eigenvalue weighted by Crippen LogP contribution is 2.18. The molecular weight excluding hydrogens is 203 g/mol. The van der Waals surface area contributed by atoms with Crippen LogP contribution < -0.4 is 0 Å². The predicted octanol–water partition coefficient (Wildman–Crippen LogP) is 4.21. The Kier molecular flexibility index (Phi) is 4.66. The van der Waals surface area contributed by atoms with Crippen molar-refractivity contribution < 1.29 is 9.18 Å². The molecule has 0 spiro atoms. The van der Waals surface area contributed by atoms with E-state index < -0.39 is 0 Å². The van der Waals surface area contributed by atoms with Crippen molar-refractivity contribution in [3.63, 3.8) is 0 Å². The summed E-state index contributed by atoms with van der Waals surface area (Å²) in [6.07, 6.45) is 3.67. The Balaban J connectivity index is 2.83. The average Bonchev–Trinajstić information content (AvgIpc) is 2.16. The third-order valence-corrected chi connectivity index (χ3v) is 2.78. The zero-order valence-corrected chi connectivity index (χ0v) is 10.3. The number of halogens is 1. The lowest BCUT2D eigenvalue weighted by molar-refractivity contribution is 0.0978. The molecule has 0 unspecified atom stereocenters. The maximum absolute atomic E-state index is 13.1. The fraction of sp³-hybridized carbons (Fsp3) is 0.500. The molecule has 1 rings (SSSR count). The van der Waals surface area contributed by atoms with E-state index in [1.54, 1.807) is 13.8 Å². The molecule has 0 aliphatic rings. The second-order valence-corrected chi connectivity index (χ2v) is 4.29. The summed E-state index contributed by atoms with van der Waals surface area (Å²) in [4.78, 5) is 12.0. The zero-order valence-electron chi connectivity index (χ0n) is 10.3. The van der Waals surface area contributed by atoms with Crippen molar-refractivity contribution in [1.29, 1.82) is 0 Å². The number of aryl methyl sites for hydroxylation is 2. The number of hydrogen-bond donors (Lipinski definition) is 0. The number of ketones is 1. The molecule has 88 valence electrons. The summed E-state index contributed by atoms with van der Waals surface area (Å²) in [7, 11) is 0. The molecule has 0 amide bonds. The lowest BCUT2D eigenvalue weighted by Crippen LogP contribution is -2.05. The molecule has 0 atom stereocenters. The standard InChI is InChI=1S/C14H19FO/c1-4-5-6-7-13(16)14-10(2)8-12(15)9-11(14)3/h8-9H,4-7H2,1-3H3. The van der Waals surface area contributed by atoms with Crippen LogP contribution in [0.4, 0.5) is 4.39 Å². The molecule has 1 aromatic rings. The van der Waals surface area contributed by atoms with E-state index >= 15 is 0 Å². The highest BCUT2D eigenvalue weighted by atomic mass is 19.1. The summed E-state index contributed by atoms with van der Waals surface area (Å²) < 4.78 is 13.1. The van der Waals surface area contributed by atoms with Crippen molar-refractivity contribution in [3.8, 4) is 0 Å². The SMILES string of the molecule is CCCCCC(=O)c1c(C)cc(F)cc1C. The minimum atomic E-state index is -0.264. The topological polar surface area (TPSA) is 17.1 Å². The van der Waals surface area contributed by atoms with E-state index in [9.17, 15) is 9.18 Å². The zero-order chi connectivity index (χ0) is 12.1. The lowest BCUT2D eigenvalue weighted by atomic mass is 9.96. The summed E-state index contributed by atoms with van der Waals surface area (Å²) >= 11 is 0. The van der Waals surface area contributed by atoms with Gasteiger partial charge in [-0.15, -0.1) is 0 Å². The van der Waals surface area contributed by atoms with Crippen molar-refractivity contribution in [3.05, 3.63) is 34.6 Å². The van der Waals surface area contributed by atoms with Crippen LogP contribution in [0.2, 0.25) is 0 Å². The van der Waals surface area contributed by atoms with Gasteiger partial charge in [0.2, 0.25) is 0 Å². The Labute approximate surface area is 96.7 Å². The first-order valence-electron chi connectivity index (χ1n) is 5.86. The molecule has 0 saturated heterocycles. The van der Waals surface area contributed by atoms with E-state index in [1.807, 2.05) is 0 Å². The van der Waals surface area contributed by atoms with Crippen LogP contribution in [0.3, 0.4) is 0 Å². The van der Waals surface area contributed by atoms with Gasteiger partial charge in [-0.1, -0.05) is 19.8 Å². The first kappa shape index (κ1) is 12.9. The molecule has 16 heavy (non-hydrogen) atoms. The number of hydrogen-bond acceptors (Lipinski definition) is 1. The molecule has 0 fully saturated rings. The number of Topliss-reactive ketones (excluding diaryl/α,β-unsaturated/α-hetero) is 1. The van der Waals surface area contributed by atoms with Gasteiger partial charge in [-0.05, 0) is 43.5 Å². The summed E-state index contributed by atoms with van der Waals surface area (Å²) in [6.45, 7) is 5.70. The minimum absolute atomic E-state index is 0.142. The third kappa shape index (κ3) is 3.16. The van der Waals surface area contributed by atoms with Gasteiger partial charge in [-0.25, -0.2) is 4.39 Å². The summed E-state index contributed by atoms with van der Waals surface area (Å²) in [5.41, 5.74) is 2.20. The highest BCUT2D eigenvalue weighted by molar-refractivity contribution is 5.98. The fourth-order valence-electron chi connectivity index (χ4n) is 2.01. The highest BCUT2D eigenvalue weighted by Gasteiger charge is 2.12. The van der Waals surface area contributed by atoms with Gasteiger partial charge in [-0.3, -0.25) is 4.79 Å². The number of carbonyl (C=O) groups excluding carboxylic acids is 1. The van der Waals surface area contributed by atoms with Crippen LogP contribution in [-0.2, 0) is 0 Å². The molecule has 0 heterocycles. The van der Waals surface area contributed by atoms with Crippen LogP contribution in [0.1, 0.15) is 54.1 Å². The van der Waals surface area contributed by atoms with Gasteiger partial charge in [-0.2, -0.15) is 0 Å². The molecule has 0 radical (unpaired) electrons. The van der Waals surface area contributed by atoms with Gasteiger partial charge in [0, 0.05) is 12.0 Å². The van der Waals surface area contributed by atoms with Gasteiger partial charge in [0.1, 0.15) is 5.82 Å². The van der Waals surface area contributed by atoms with E-state index in [1.165, 1.54) is 12.1 Å². The average molecular weight is 222 g/mol. The predicted molar refractivity (Wildman–Crippen MR) is 64.3 cm³/mol. The summed E-state index contributed by atoms with van der Waals surface area (Å²) in [5.74, 6) is -0.122. The Morgan fingerprint density at radius 3 is 2.25 bits per heavy atom. The van der Waals surface area contributed by atoms with E-state index in [0.717, 1.165) is 30.4 Å². The third-order valence-electron chi connectivity index (χ3n) is 2.78. The van der Waals surface area contributed by atoms with Crippen molar-refractivity contribution in [2.75, 3.05) is 0 Å². The first-order chi connectivity index (χ1) is 7.56. The van der Waals surface area contributed by atoms with Gasteiger partial charge < -0.3 is 0 Å². The van der Waals surface area contributed by atoms with Crippen LogP contribution in [-0.4, -0.2) is 5.78 Å². The Morgan fingerprint density at radius 2 is 1.75 bits per heavy atom. The molecular formula is C14H19FO. The lowest BCUT2D eigenvalue weighted by Gasteiger charge is -2.08. The second-order valence-electron chi connectivity index (χ2n) is 4.29. The number of carbonyl (C=O) groups is 1. The first-order valence-corrected chi connectivity index (χ1v) is 5.86. The van der Waals surface area contributed by atoms with Crippen molar-refractivity contribution in [2.24, 2.45) is 0 Å². The van der Waals surface area contributed by atoms with E-state index in [4.69, 9.17) is 0 Å². The van der Waals surface area contributed by atoms with E-state index in [0.29, 0.717) is 12.0 Å². The van der Waals surface area contributed by atoms with E-state index in [2.05, 4.69) is 6.92 Å². The van der Waals surface area contributed by atoms with Crippen molar-refractivity contribution in [1.82, 2.24) is 0 Å². The van der Waals surface area contributed by atoms with Crippen molar-refractivity contribution in [2.45, 2.75) is 46.5 Å². The molecule has 0 aliphatic carbocycles. The molecule has 0 saturated carbocycles. The molecule has 0 N–H and O–H groups in total. The summed E-state index contributed by atoms with van der Waals surface area (Å²) in [5, 5.41) is 0. The van der Waals surface area contributed by atoms with Gasteiger partial charge in [0.25, 0.3) is 0 Å². The molecule has 0 bridgehead atoms. The van der Waals surface area contributed by atoms with Crippen LogP contribution in [0.25, 0.3) is 0 Å². The van der Waals surface area contributed by atoms with Crippen LogP contribution in [0.15, 0.2) is 12.1 Å². The second kappa shape index (κ2) is 5.78. The Bertz CT molecular complexity index is 359. The molecule has 0 aliphatic heterocycles. The molecule has 2 heteroatoms. The van der Waals surface area contributed by atoms with Crippen molar-refractivity contribution >= 4 is 5.78 Å². The van der Waals surface area contributed by atoms with Gasteiger partial charge in [0.15, 0.2) is 5.78 Å². The largest absolute Gasteiger partial charge is 0.294 e. The van der Waals surface area contributed by atoms with Gasteiger partial charge in [0.05, 0.1) is 0 Å². The fourth-order valence-corrected chi connectivity index (χ4v) is 2.01. The molecule has 1 nitrogen and oxygen atoms in total. The molecule has 0 aromatic heterocycles. The Hall–Kier alpha value is -1.18. The maximum atomic E-state index is 13.1. The monoisotopic (exact) mass is 222 g/mol. The summed E-state index contributed by atoms with van der Waals surface area (Å²) in [6, 6.07) is 2.86. The normalized spacial score (nSPS) is 10.5. The Morgan fingerprint density at radius 1 is 1.19 bits per heavy atom. The number of rotatable bonds is 5. The maximum Gasteiger partial charge on any atom is 0.163 e. The van der Waals surface area contributed by atoms with Gasteiger partial charge >= 0.3 is 0 Å². The minimum Gasteiger partial charge on any atom is -0.294 e. The van der Waals surface area contributed by atoms with E-state index in [-0.39, 0.29) is 11.6 Å². The smallest absolute Gasteiger partial charge is 0.163 e. The number of unbranched alkanes of at least 4 members (excludes halogenated alkanes) is 2. The molecule has 1 aromatic carbocycles. The van der Waals surface area contributed by atoms with Crippen LogP contribution >= 0.6 is 0 Å².